The van der Waals surface area contributed by atoms with Gasteiger partial charge in [-0.3, -0.25) is 9.59 Å². The molecule has 2 amide bonds. The maximum absolute atomic E-state index is 13.0. The molecular weight excluding hydrogens is 396 g/mol. The third kappa shape index (κ3) is 4.30. The number of ether oxygens (including phenoxy) is 1. The highest BCUT2D eigenvalue weighted by atomic mass is 16.5. The van der Waals surface area contributed by atoms with Gasteiger partial charge in [0.2, 0.25) is 5.91 Å². The average Bonchev–Trinajstić information content (AvgIpc) is 2.86. The Bertz CT molecular complexity index is 1200. The minimum atomic E-state index is -0.406. The fraction of sp³-hybridized carbons (Fsp3) is 0.292. The number of carbonyl (C=O) groups excluding carboxylic acids is 2. The fourth-order valence-electron chi connectivity index (χ4n) is 3.96. The lowest BCUT2D eigenvalue weighted by Crippen LogP contribution is -2.41. The number of aryl methyl sites for hydroxylation is 1. The van der Waals surface area contributed by atoms with Crippen molar-refractivity contribution in [3.63, 3.8) is 0 Å². The number of fused-ring (bicyclic) bond motifs is 2. The van der Waals surface area contributed by atoms with E-state index in [9.17, 15) is 14.4 Å². The largest absolute Gasteiger partial charge is 0.484 e. The molecule has 1 unspecified atom stereocenters. The zero-order valence-electron chi connectivity index (χ0n) is 17.5. The number of para-hydroxylation sites is 2. The van der Waals surface area contributed by atoms with Crippen LogP contribution < -0.4 is 20.6 Å². The van der Waals surface area contributed by atoms with Crippen LogP contribution in [0.3, 0.4) is 0 Å². The second-order valence-corrected chi connectivity index (χ2v) is 7.67. The molecule has 0 saturated carbocycles. The highest BCUT2D eigenvalue weighted by Gasteiger charge is 2.29. The van der Waals surface area contributed by atoms with Gasteiger partial charge in [-0.05, 0) is 43.2 Å². The average molecular weight is 420 g/mol. The first-order chi connectivity index (χ1) is 15.0. The van der Waals surface area contributed by atoms with Crippen LogP contribution in [0.4, 0.5) is 11.4 Å². The van der Waals surface area contributed by atoms with Crippen molar-refractivity contribution in [1.29, 1.82) is 0 Å². The summed E-state index contributed by atoms with van der Waals surface area (Å²) in [7, 11) is 0. The van der Waals surface area contributed by atoms with Crippen LogP contribution in [-0.4, -0.2) is 24.5 Å². The van der Waals surface area contributed by atoms with E-state index in [1.54, 1.807) is 29.2 Å². The molecular formula is C24H24N2O5. The molecule has 160 valence electrons. The van der Waals surface area contributed by atoms with Crippen LogP contribution in [0.15, 0.2) is 57.7 Å². The van der Waals surface area contributed by atoms with Crippen molar-refractivity contribution in [1.82, 2.24) is 0 Å². The Morgan fingerprint density at radius 1 is 1.19 bits per heavy atom. The third-order valence-corrected chi connectivity index (χ3v) is 5.31. The van der Waals surface area contributed by atoms with E-state index in [4.69, 9.17) is 9.15 Å². The lowest BCUT2D eigenvalue weighted by Gasteiger charge is -2.27. The van der Waals surface area contributed by atoms with Gasteiger partial charge >= 0.3 is 5.63 Å². The molecule has 0 spiro atoms. The first-order valence-electron chi connectivity index (χ1n) is 10.4. The SMILES string of the molecule is CCCc1cc(=O)oc2cc(OCC(=O)N3c4ccccc4NC(=O)CC3C)ccc12. The number of hydrogen-bond donors (Lipinski definition) is 1. The van der Waals surface area contributed by atoms with Gasteiger partial charge in [-0.1, -0.05) is 25.5 Å². The molecule has 1 atom stereocenters. The molecule has 2 aromatic carbocycles. The molecule has 1 N–H and O–H groups in total. The molecule has 7 nitrogen and oxygen atoms in total. The normalized spacial score (nSPS) is 15.9. The van der Waals surface area contributed by atoms with Crippen LogP contribution >= 0.6 is 0 Å². The molecule has 31 heavy (non-hydrogen) atoms. The number of benzene rings is 2. The molecule has 1 aromatic heterocycles. The number of amides is 2. The standard InChI is InChI=1S/C24H24N2O5/c1-3-6-16-12-24(29)31-21-13-17(9-10-18(16)21)30-14-23(28)26-15(2)11-22(27)25-19-7-4-5-8-20(19)26/h4-5,7-10,12-13,15H,3,6,11,14H2,1-2H3,(H,25,27). The summed E-state index contributed by atoms with van der Waals surface area (Å²) in [6.45, 7) is 3.67. The summed E-state index contributed by atoms with van der Waals surface area (Å²) in [5, 5.41) is 3.70. The van der Waals surface area contributed by atoms with Crippen LogP contribution in [0.25, 0.3) is 11.0 Å². The zero-order valence-corrected chi connectivity index (χ0v) is 17.5. The van der Waals surface area contributed by atoms with Gasteiger partial charge in [0.05, 0.1) is 11.4 Å². The summed E-state index contributed by atoms with van der Waals surface area (Å²) < 4.78 is 11.1. The minimum Gasteiger partial charge on any atom is -0.484 e. The van der Waals surface area contributed by atoms with Crippen molar-refractivity contribution in [2.45, 2.75) is 39.2 Å². The number of rotatable bonds is 5. The van der Waals surface area contributed by atoms with E-state index in [0.29, 0.717) is 22.7 Å². The Hall–Kier alpha value is -3.61. The van der Waals surface area contributed by atoms with Crippen molar-refractivity contribution in [3.05, 3.63) is 64.5 Å². The molecule has 1 aliphatic heterocycles. The van der Waals surface area contributed by atoms with Crippen molar-refractivity contribution >= 4 is 34.2 Å². The van der Waals surface area contributed by atoms with Crippen LogP contribution in [0.1, 0.15) is 32.3 Å². The lowest BCUT2D eigenvalue weighted by atomic mass is 10.1. The minimum absolute atomic E-state index is 0.136. The monoisotopic (exact) mass is 420 g/mol. The third-order valence-electron chi connectivity index (χ3n) is 5.31. The first-order valence-corrected chi connectivity index (χ1v) is 10.4. The van der Waals surface area contributed by atoms with E-state index < -0.39 is 5.63 Å². The van der Waals surface area contributed by atoms with Crippen molar-refractivity contribution in [2.75, 3.05) is 16.8 Å². The first kappa shape index (κ1) is 20.7. The van der Waals surface area contributed by atoms with E-state index in [1.807, 2.05) is 25.1 Å². The topological polar surface area (TPSA) is 88.8 Å². The fourth-order valence-corrected chi connectivity index (χ4v) is 3.96. The molecule has 7 heteroatoms. The van der Waals surface area contributed by atoms with E-state index in [0.717, 1.165) is 23.8 Å². The quantitative estimate of drug-likeness (QED) is 0.633. The van der Waals surface area contributed by atoms with Crippen molar-refractivity contribution < 1.29 is 18.7 Å². The molecule has 2 heterocycles. The van der Waals surface area contributed by atoms with E-state index in [-0.39, 0.29) is 30.9 Å². The van der Waals surface area contributed by atoms with Crippen LogP contribution in [0.5, 0.6) is 5.75 Å². The maximum Gasteiger partial charge on any atom is 0.336 e. The van der Waals surface area contributed by atoms with E-state index in [2.05, 4.69) is 12.2 Å². The Kier molecular flexibility index (Phi) is 5.75. The van der Waals surface area contributed by atoms with Crippen molar-refractivity contribution in [3.8, 4) is 5.75 Å². The number of hydrogen-bond acceptors (Lipinski definition) is 5. The van der Waals surface area contributed by atoms with E-state index in [1.165, 1.54) is 6.07 Å². The molecule has 0 aliphatic carbocycles. The molecule has 4 rings (SSSR count). The Morgan fingerprint density at radius 2 is 2.00 bits per heavy atom. The Labute approximate surface area is 179 Å². The van der Waals surface area contributed by atoms with Crippen LogP contribution in [0.2, 0.25) is 0 Å². The summed E-state index contributed by atoms with van der Waals surface area (Å²) in [6.07, 6.45) is 1.89. The van der Waals surface area contributed by atoms with E-state index >= 15 is 0 Å². The number of nitrogens with one attached hydrogen (secondary N) is 1. The lowest BCUT2D eigenvalue weighted by molar-refractivity contribution is -0.121. The molecule has 0 bridgehead atoms. The number of anilines is 2. The Balaban J connectivity index is 1.56. The summed E-state index contributed by atoms with van der Waals surface area (Å²) in [4.78, 5) is 38.6. The summed E-state index contributed by atoms with van der Waals surface area (Å²) in [6, 6.07) is 13.6. The molecule has 0 radical (unpaired) electrons. The second kappa shape index (κ2) is 8.63. The summed E-state index contributed by atoms with van der Waals surface area (Å²) in [5.41, 5.74) is 2.20. The second-order valence-electron chi connectivity index (χ2n) is 7.67. The molecule has 3 aromatic rings. The van der Waals surface area contributed by atoms with Gasteiger partial charge in [0.25, 0.3) is 5.91 Å². The smallest absolute Gasteiger partial charge is 0.336 e. The predicted octanol–water partition coefficient (Wildman–Crippen LogP) is 3.89. The van der Waals surface area contributed by atoms with Gasteiger partial charge < -0.3 is 19.4 Å². The van der Waals surface area contributed by atoms with Gasteiger partial charge in [0.15, 0.2) is 6.61 Å². The molecule has 0 fully saturated rings. The van der Waals surface area contributed by atoms with Gasteiger partial charge in [-0.15, -0.1) is 0 Å². The maximum atomic E-state index is 13.0. The van der Waals surface area contributed by atoms with Gasteiger partial charge in [0, 0.05) is 30.0 Å². The van der Waals surface area contributed by atoms with Crippen LogP contribution in [0, 0.1) is 0 Å². The number of nitrogens with zero attached hydrogens (tertiary/aromatic N) is 1. The highest BCUT2D eigenvalue weighted by Crippen LogP contribution is 2.31. The Morgan fingerprint density at radius 3 is 2.81 bits per heavy atom. The summed E-state index contributed by atoms with van der Waals surface area (Å²) >= 11 is 0. The molecule has 1 aliphatic rings. The highest BCUT2D eigenvalue weighted by molar-refractivity contribution is 6.04. The van der Waals surface area contributed by atoms with Crippen molar-refractivity contribution in [2.24, 2.45) is 0 Å². The zero-order chi connectivity index (χ0) is 22.0. The molecule has 0 saturated heterocycles. The van der Waals surface area contributed by atoms with Gasteiger partial charge in [-0.25, -0.2) is 4.79 Å². The van der Waals surface area contributed by atoms with Gasteiger partial charge in [-0.2, -0.15) is 0 Å². The van der Waals surface area contributed by atoms with Crippen LogP contribution in [-0.2, 0) is 16.0 Å². The predicted molar refractivity (Wildman–Crippen MR) is 119 cm³/mol. The summed E-state index contributed by atoms with van der Waals surface area (Å²) in [5.74, 6) is 0.0314. The van der Waals surface area contributed by atoms with Gasteiger partial charge in [0.1, 0.15) is 11.3 Å². The number of carbonyl (C=O) groups is 2.